The number of hydrogen-bond acceptors (Lipinski definition) is 4. The van der Waals surface area contributed by atoms with Gasteiger partial charge in [0.15, 0.2) is 0 Å². The van der Waals surface area contributed by atoms with Gasteiger partial charge in [0.2, 0.25) is 0 Å². The van der Waals surface area contributed by atoms with Crippen molar-refractivity contribution in [3.05, 3.63) is 0 Å². The third kappa shape index (κ3) is 5.04. The Bertz CT molecular complexity index is 259. The third-order valence-corrected chi connectivity index (χ3v) is 2.88. The molecule has 0 bridgehead atoms. The Hall–Kier alpha value is -0.610. The fourth-order valence-electron chi connectivity index (χ4n) is 2.06. The number of carbonyl (C=O) groups excluding carboxylic acids is 1. The Labute approximate surface area is 105 Å². The van der Waals surface area contributed by atoms with E-state index in [0.717, 1.165) is 32.5 Å². The number of esters is 1. The van der Waals surface area contributed by atoms with Gasteiger partial charge in [0.05, 0.1) is 0 Å². The average molecular weight is 242 g/mol. The van der Waals surface area contributed by atoms with Crippen LogP contribution in [-0.2, 0) is 9.53 Å². The van der Waals surface area contributed by atoms with Crippen molar-refractivity contribution < 1.29 is 9.53 Å². The van der Waals surface area contributed by atoms with Crippen LogP contribution in [0.15, 0.2) is 0 Å². The molecule has 0 amide bonds. The van der Waals surface area contributed by atoms with Crippen LogP contribution in [0.4, 0.5) is 0 Å². The molecule has 4 heteroatoms. The van der Waals surface area contributed by atoms with Crippen molar-refractivity contribution in [1.82, 2.24) is 9.80 Å². The van der Waals surface area contributed by atoms with E-state index in [4.69, 9.17) is 4.74 Å². The van der Waals surface area contributed by atoms with Crippen LogP contribution in [0, 0.1) is 0 Å². The molecule has 0 aromatic carbocycles. The number of ether oxygens (including phenoxy) is 1. The molecule has 0 radical (unpaired) electrons. The first-order chi connectivity index (χ1) is 7.79. The van der Waals surface area contributed by atoms with Crippen molar-refractivity contribution in [3.8, 4) is 0 Å². The highest BCUT2D eigenvalue weighted by molar-refractivity contribution is 5.76. The maximum atomic E-state index is 12.0. The molecular formula is C13H26N2O2. The van der Waals surface area contributed by atoms with Gasteiger partial charge in [0.25, 0.3) is 0 Å². The molecule has 0 aromatic rings. The summed E-state index contributed by atoms with van der Waals surface area (Å²) in [6.07, 6.45) is 2.03. The van der Waals surface area contributed by atoms with Gasteiger partial charge >= 0.3 is 5.97 Å². The summed E-state index contributed by atoms with van der Waals surface area (Å²) >= 11 is 0. The van der Waals surface area contributed by atoms with Crippen molar-refractivity contribution in [2.45, 2.75) is 45.3 Å². The predicted octanol–water partition coefficient (Wildman–Crippen LogP) is 1.35. The summed E-state index contributed by atoms with van der Waals surface area (Å²) in [6, 6.07) is -0.0332. The van der Waals surface area contributed by atoms with Gasteiger partial charge in [-0.2, -0.15) is 0 Å². The molecule has 0 aromatic heterocycles. The lowest BCUT2D eigenvalue weighted by Gasteiger charge is -2.28. The van der Waals surface area contributed by atoms with E-state index in [-0.39, 0.29) is 17.6 Å². The summed E-state index contributed by atoms with van der Waals surface area (Å²) in [5, 5.41) is 0. The van der Waals surface area contributed by atoms with Crippen molar-refractivity contribution in [1.29, 1.82) is 0 Å². The lowest BCUT2D eigenvalue weighted by atomic mass is 10.1. The zero-order valence-corrected chi connectivity index (χ0v) is 11.8. The summed E-state index contributed by atoms with van der Waals surface area (Å²) in [5.41, 5.74) is -0.382. The molecule has 1 fully saturated rings. The molecule has 1 heterocycles. The molecule has 0 N–H and O–H groups in total. The standard InChI is InChI=1S/C13H26N2O2/c1-13(2,3)17-12(16)11-7-6-8-15(11)10-9-14(4)5/h11H,6-10H2,1-5H3/t11-/m1/s1. The van der Waals surface area contributed by atoms with E-state index in [1.54, 1.807) is 0 Å². The van der Waals surface area contributed by atoms with E-state index >= 15 is 0 Å². The van der Waals surface area contributed by atoms with Gasteiger partial charge in [-0.3, -0.25) is 9.69 Å². The monoisotopic (exact) mass is 242 g/mol. The smallest absolute Gasteiger partial charge is 0.323 e. The maximum Gasteiger partial charge on any atom is 0.323 e. The number of hydrogen-bond donors (Lipinski definition) is 0. The van der Waals surface area contributed by atoms with Crippen LogP contribution >= 0.6 is 0 Å². The molecule has 4 nitrogen and oxygen atoms in total. The highest BCUT2D eigenvalue weighted by Gasteiger charge is 2.33. The van der Waals surface area contributed by atoms with Gasteiger partial charge in [-0.15, -0.1) is 0 Å². The van der Waals surface area contributed by atoms with E-state index in [1.165, 1.54) is 0 Å². The number of carbonyl (C=O) groups is 1. The number of likely N-dealkylation sites (N-methyl/N-ethyl adjacent to an activating group) is 1. The van der Waals surface area contributed by atoms with Crippen molar-refractivity contribution in [2.75, 3.05) is 33.7 Å². The molecule has 1 aliphatic heterocycles. The minimum absolute atomic E-state index is 0.0332. The van der Waals surface area contributed by atoms with Crippen molar-refractivity contribution in [3.63, 3.8) is 0 Å². The van der Waals surface area contributed by atoms with E-state index in [0.29, 0.717) is 0 Å². The first-order valence-electron chi connectivity index (χ1n) is 6.41. The third-order valence-electron chi connectivity index (χ3n) is 2.88. The Balaban J connectivity index is 2.48. The van der Waals surface area contributed by atoms with Gasteiger partial charge in [0, 0.05) is 13.1 Å². The Morgan fingerprint density at radius 3 is 2.59 bits per heavy atom. The van der Waals surface area contributed by atoms with Gasteiger partial charge in [0.1, 0.15) is 11.6 Å². The summed E-state index contributed by atoms with van der Waals surface area (Å²) in [7, 11) is 4.11. The fraction of sp³-hybridized carbons (Fsp3) is 0.923. The first-order valence-corrected chi connectivity index (χ1v) is 6.41. The van der Waals surface area contributed by atoms with Gasteiger partial charge < -0.3 is 9.64 Å². The molecular weight excluding hydrogens is 216 g/mol. The summed E-state index contributed by atoms with van der Waals surface area (Å²) < 4.78 is 5.46. The topological polar surface area (TPSA) is 32.8 Å². The maximum absolute atomic E-state index is 12.0. The molecule has 17 heavy (non-hydrogen) atoms. The van der Waals surface area contributed by atoms with E-state index in [9.17, 15) is 4.79 Å². The van der Waals surface area contributed by atoms with Crippen LogP contribution in [0.25, 0.3) is 0 Å². The normalized spacial score (nSPS) is 22.1. The van der Waals surface area contributed by atoms with E-state index in [2.05, 4.69) is 23.9 Å². The summed E-state index contributed by atoms with van der Waals surface area (Å²) in [6.45, 7) is 8.70. The Morgan fingerprint density at radius 1 is 1.41 bits per heavy atom. The highest BCUT2D eigenvalue weighted by atomic mass is 16.6. The first kappa shape index (κ1) is 14.5. The molecule has 1 atom stereocenters. The van der Waals surface area contributed by atoms with Crippen LogP contribution in [0.3, 0.4) is 0 Å². The Morgan fingerprint density at radius 2 is 2.06 bits per heavy atom. The molecule has 0 aliphatic carbocycles. The molecule has 1 rings (SSSR count). The van der Waals surface area contributed by atoms with E-state index < -0.39 is 0 Å². The minimum atomic E-state index is -0.382. The molecule has 0 saturated carbocycles. The van der Waals surface area contributed by atoms with E-state index in [1.807, 2.05) is 20.8 Å². The lowest BCUT2D eigenvalue weighted by molar-refractivity contribution is -0.160. The fourth-order valence-corrected chi connectivity index (χ4v) is 2.06. The van der Waals surface area contributed by atoms with Gasteiger partial charge in [-0.25, -0.2) is 0 Å². The number of nitrogens with zero attached hydrogens (tertiary/aromatic N) is 2. The largest absolute Gasteiger partial charge is 0.459 e. The highest BCUT2D eigenvalue weighted by Crippen LogP contribution is 2.20. The second-order valence-corrected chi connectivity index (χ2v) is 6.03. The molecule has 1 aliphatic rings. The van der Waals surface area contributed by atoms with Crippen molar-refractivity contribution in [2.24, 2.45) is 0 Å². The summed E-state index contributed by atoms with van der Waals surface area (Å²) in [4.78, 5) is 16.4. The predicted molar refractivity (Wildman–Crippen MR) is 69.0 cm³/mol. The lowest BCUT2D eigenvalue weighted by Crippen LogP contribution is -2.42. The molecule has 0 spiro atoms. The second kappa shape index (κ2) is 5.83. The number of likely N-dealkylation sites (tertiary alicyclic amines) is 1. The Kier molecular flexibility index (Phi) is 4.95. The second-order valence-electron chi connectivity index (χ2n) is 6.03. The van der Waals surface area contributed by atoms with Crippen LogP contribution in [0.2, 0.25) is 0 Å². The average Bonchev–Trinajstić information content (AvgIpc) is 2.59. The SMILES string of the molecule is CN(C)CCN1CCC[C@@H]1C(=O)OC(C)(C)C. The summed E-state index contributed by atoms with van der Waals surface area (Å²) in [5.74, 6) is -0.0613. The van der Waals surface area contributed by atoms with Gasteiger partial charge in [-0.05, 0) is 54.3 Å². The van der Waals surface area contributed by atoms with Crippen LogP contribution < -0.4 is 0 Å². The zero-order chi connectivity index (χ0) is 13.1. The van der Waals surface area contributed by atoms with Crippen molar-refractivity contribution >= 4 is 5.97 Å². The molecule has 100 valence electrons. The van der Waals surface area contributed by atoms with Gasteiger partial charge in [-0.1, -0.05) is 0 Å². The minimum Gasteiger partial charge on any atom is -0.459 e. The number of rotatable bonds is 4. The van der Waals surface area contributed by atoms with Crippen LogP contribution in [0.1, 0.15) is 33.6 Å². The zero-order valence-electron chi connectivity index (χ0n) is 11.8. The quantitative estimate of drug-likeness (QED) is 0.697. The van der Waals surface area contributed by atoms with Crippen LogP contribution in [-0.4, -0.2) is 61.1 Å². The molecule has 0 unspecified atom stereocenters. The van der Waals surface area contributed by atoms with Crippen LogP contribution in [0.5, 0.6) is 0 Å². The molecule has 1 saturated heterocycles.